The summed E-state index contributed by atoms with van der Waals surface area (Å²) in [5.74, 6) is 0.270. The van der Waals surface area contributed by atoms with E-state index in [1.165, 1.54) is 6.42 Å². The Kier molecular flexibility index (Phi) is 6.31. The van der Waals surface area contributed by atoms with E-state index in [2.05, 4.69) is 23.2 Å². The normalized spacial score (nSPS) is 21.5. The molecule has 0 saturated carbocycles. The number of nitrogens with one attached hydrogen (secondary N) is 1. The number of carbonyl (C=O) groups is 2. The maximum absolute atomic E-state index is 13.2. The van der Waals surface area contributed by atoms with Crippen LogP contribution >= 0.6 is 0 Å². The van der Waals surface area contributed by atoms with Gasteiger partial charge in [-0.25, -0.2) is 0 Å². The van der Waals surface area contributed by atoms with Crippen molar-refractivity contribution in [3.8, 4) is 0 Å². The zero-order chi connectivity index (χ0) is 20.3. The zero-order valence-corrected chi connectivity index (χ0v) is 17.8. The van der Waals surface area contributed by atoms with E-state index in [0.717, 1.165) is 56.6 Å². The van der Waals surface area contributed by atoms with Crippen molar-refractivity contribution in [2.24, 2.45) is 5.41 Å². The maximum Gasteiger partial charge on any atom is 0.256 e. The highest BCUT2D eigenvalue weighted by atomic mass is 16.2. The van der Waals surface area contributed by atoms with Crippen molar-refractivity contribution in [3.05, 3.63) is 29.8 Å². The van der Waals surface area contributed by atoms with E-state index in [9.17, 15) is 9.59 Å². The molecule has 1 N–H and O–H groups in total. The Hall–Kier alpha value is -2.04. The molecule has 2 heterocycles. The van der Waals surface area contributed by atoms with Crippen LogP contribution in [0.15, 0.2) is 24.3 Å². The Labute approximate surface area is 169 Å². The van der Waals surface area contributed by atoms with Gasteiger partial charge in [-0.2, -0.15) is 0 Å². The van der Waals surface area contributed by atoms with Crippen molar-refractivity contribution in [2.75, 3.05) is 24.5 Å². The van der Waals surface area contributed by atoms with Crippen molar-refractivity contribution in [3.63, 3.8) is 0 Å². The van der Waals surface area contributed by atoms with Crippen molar-refractivity contribution >= 4 is 17.5 Å². The fourth-order valence-electron chi connectivity index (χ4n) is 4.15. The maximum atomic E-state index is 13.2. The molecule has 5 heteroatoms. The van der Waals surface area contributed by atoms with Crippen LogP contribution in [0.1, 0.15) is 70.2 Å². The lowest BCUT2D eigenvalue weighted by Crippen LogP contribution is -2.48. The van der Waals surface area contributed by atoms with E-state index >= 15 is 0 Å². The summed E-state index contributed by atoms with van der Waals surface area (Å²) in [7, 11) is 0. The second-order valence-electron chi connectivity index (χ2n) is 9.35. The molecule has 0 radical (unpaired) electrons. The fourth-order valence-corrected chi connectivity index (χ4v) is 4.15. The predicted octanol–water partition coefficient (Wildman–Crippen LogP) is 3.83. The number of likely N-dealkylation sites (tertiary alicyclic amines) is 1. The lowest BCUT2D eigenvalue weighted by atomic mass is 9.94. The average Bonchev–Trinajstić information content (AvgIpc) is 2.68. The van der Waals surface area contributed by atoms with Gasteiger partial charge < -0.3 is 15.1 Å². The first kappa shape index (κ1) is 20.7. The van der Waals surface area contributed by atoms with Crippen LogP contribution in [0.25, 0.3) is 0 Å². The summed E-state index contributed by atoms with van der Waals surface area (Å²) < 4.78 is 0. The standard InChI is InChI=1S/C23H35N3O2/c1-17-9-7-8-14-26(17)21(27)19-10-5-6-11-20(19)25-15-12-18(13-16-25)24-22(28)23(2,3)4/h5-6,10-11,17-18H,7-9,12-16H2,1-4H3,(H,24,28). The summed E-state index contributed by atoms with van der Waals surface area (Å²) in [6, 6.07) is 8.53. The SMILES string of the molecule is CC1CCCCN1C(=O)c1ccccc1N1CCC(NC(=O)C(C)(C)C)CC1. The Morgan fingerprint density at radius 2 is 1.68 bits per heavy atom. The van der Waals surface area contributed by atoms with Gasteiger partial charge >= 0.3 is 0 Å². The van der Waals surface area contributed by atoms with E-state index < -0.39 is 0 Å². The number of amides is 2. The van der Waals surface area contributed by atoms with Crippen molar-refractivity contribution in [2.45, 2.75) is 71.9 Å². The number of anilines is 1. The number of rotatable bonds is 3. The summed E-state index contributed by atoms with van der Waals surface area (Å²) in [5.41, 5.74) is 1.49. The molecule has 0 spiro atoms. The van der Waals surface area contributed by atoms with Gasteiger partial charge in [0.15, 0.2) is 0 Å². The number of piperidine rings is 2. The van der Waals surface area contributed by atoms with Gasteiger partial charge in [-0.15, -0.1) is 0 Å². The summed E-state index contributed by atoms with van der Waals surface area (Å²) >= 11 is 0. The molecule has 1 aromatic rings. The first-order valence-electron chi connectivity index (χ1n) is 10.7. The third-order valence-corrected chi connectivity index (χ3v) is 6.05. The topological polar surface area (TPSA) is 52.7 Å². The second-order valence-corrected chi connectivity index (χ2v) is 9.35. The average molecular weight is 386 g/mol. The molecule has 1 aromatic carbocycles. The molecule has 2 aliphatic heterocycles. The highest BCUT2D eigenvalue weighted by molar-refractivity contribution is 6.00. The molecule has 1 atom stereocenters. The number of para-hydroxylation sites is 1. The number of carbonyl (C=O) groups excluding carboxylic acids is 2. The van der Waals surface area contributed by atoms with Crippen LogP contribution in [0.4, 0.5) is 5.69 Å². The smallest absolute Gasteiger partial charge is 0.256 e. The van der Waals surface area contributed by atoms with Crippen LogP contribution in [-0.2, 0) is 4.79 Å². The quantitative estimate of drug-likeness (QED) is 0.860. The highest BCUT2D eigenvalue weighted by Gasteiger charge is 2.30. The molecule has 5 nitrogen and oxygen atoms in total. The van der Waals surface area contributed by atoms with Crippen molar-refractivity contribution < 1.29 is 9.59 Å². The van der Waals surface area contributed by atoms with Crippen molar-refractivity contribution in [1.82, 2.24) is 10.2 Å². The molecule has 2 fully saturated rings. The molecule has 0 aliphatic carbocycles. The first-order chi connectivity index (χ1) is 13.3. The van der Waals surface area contributed by atoms with Crippen LogP contribution in [0.2, 0.25) is 0 Å². The summed E-state index contributed by atoms with van der Waals surface area (Å²) in [6.45, 7) is 10.6. The molecule has 0 aromatic heterocycles. The monoisotopic (exact) mass is 385 g/mol. The Balaban J connectivity index is 1.67. The van der Waals surface area contributed by atoms with Gasteiger partial charge in [0.25, 0.3) is 5.91 Å². The Morgan fingerprint density at radius 1 is 1.00 bits per heavy atom. The molecule has 2 amide bonds. The van der Waals surface area contributed by atoms with E-state index in [1.54, 1.807) is 0 Å². The van der Waals surface area contributed by atoms with Gasteiger partial charge in [-0.3, -0.25) is 9.59 Å². The minimum Gasteiger partial charge on any atom is -0.371 e. The van der Waals surface area contributed by atoms with Crippen LogP contribution in [0.3, 0.4) is 0 Å². The second kappa shape index (κ2) is 8.54. The van der Waals surface area contributed by atoms with Gasteiger partial charge in [0, 0.05) is 42.8 Å². The van der Waals surface area contributed by atoms with Gasteiger partial charge in [-0.1, -0.05) is 32.9 Å². The van der Waals surface area contributed by atoms with Gasteiger partial charge in [0.05, 0.1) is 5.56 Å². The molecule has 28 heavy (non-hydrogen) atoms. The van der Waals surface area contributed by atoms with E-state index in [-0.39, 0.29) is 23.3 Å². The van der Waals surface area contributed by atoms with Crippen molar-refractivity contribution in [1.29, 1.82) is 0 Å². The van der Waals surface area contributed by atoms with Crippen LogP contribution in [0.5, 0.6) is 0 Å². The molecular formula is C23H35N3O2. The highest BCUT2D eigenvalue weighted by Crippen LogP contribution is 2.28. The first-order valence-corrected chi connectivity index (χ1v) is 10.7. The van der Waals surface area contributed by atoms with E-state index in [0.29, 0.717) is 6.04 Å². The van der Waals surface area contributed by atoms with Crippen LogP contribution in [0, 0.1) is 5.41 Å². The Bertz CT molecular complexity index is 702. The third kappa shape index (κ3) is 4.68. The molecule has 154 valence electrons. The minimum absolute atomic E-state index is 0.112. The largest absolute Gasteiger partial charge is 0.371 e. The molecule has 0 bridgehead atoms. The lowest BCUT2D eigenvalue weighted by Gasteiger charge is -2.37. The number of hydrogen-bond donors (Lipinski definition) is 1. The number of hydrogen-bond acceptors (Lipinski definition) is 3. The predicted molar refractivity (Wildman–Crippen MR) is 114 cm³/mol. The number of nitrogens with zero attached hydrogens (tertiary/aromatic N) is 2. The summed E-state index contributed by atoms with van der Waals surface area (Å²) in [6.07, 6.45) is 5.21. The molecule has 2 saturated heterocycles. The summed E-state index contributed by atoms with van der Waals surface area (Å²) in [5, 5.41) is 3.18. The Morgan fingerprint density at radius 3 is 2.32 bits per heavy atom. The molecule has 3 rings (SSSR count). The van der Waals surface area contributed by atoms with E-state index in [1.807, 2.05) is 43.9 Å². The van der Waals surface area contributed by atoms with Gasteiger partial charge in [0.1, 0.15) is 0 Å². The van der Waals surface area contributed by atoms with E-state index in [4.69, 9.17) is 0 Å². The number of benzene rings is 1. The molecule has 1 unspecified atom stereocenters. The third-order valence-electron chi connectivity index (χ3n) is 6.05. The van der Waals surface area contributed by atoms with Crippen LogP contribution in [-0.4, -0.2) is 48.4 Å². The molecule has 2 aliphatic rings. The van der Waals surface area contributed by atoms with Gasteiger partial charge in [-0.05, 0) is 51.2 Å². The fraction of sp³-hybridized carbons (Fsp3) is 0.652. The minimum atomic E-state index is -0.360. The zero-order valence-electron chi connectivity index (χ0n) is 17.8. The lowest BCUT2D eigenvalue weighted by molar-refractivity contribution is -0.129. The van der Waals surface area contributed by atoms with Gasteiger partial charge in [0.2, 0.25) is 5.91 Å². The van der Waals surface area contributed by atoms with Crippen LogP contribution < -0.4 is 10.2 Å². The molecular weight excluding hydrogens is 350 g/mol. The summed E-state index contributed by atoms with van der Waals surface area (Å²) in [4.78, 5) is 29.8.